The first-order chi connectivity index (χ1) is 11.2. The molecule has 0 aromatic carbocycles. The standard InChI is InChI=1S/C20H37IO2/c1-2-3-4-5-6-7-8-9-10-11-12-13-14-15-19(22)23-20(21)18-16-17-18/h18,20H,2-17H2,1H3. The summed E-state index contributed by atoms with van der Waals surface area (Å²) < 4.78 is 5.56. The van der Waals surface area contributed by atoms with E-state index in [1.807, 2.05) is 0 Å². The Kier molecular flexibility index (Phi) is 13.4. The second-order valence-electron chi connectivity index (χ2n) is 7.17. The molecule has 0 aromatic heterocycles. The lowest BCUT2D eigenvalue weighted by Crippen LogP contribution is -2.13. The average Bonchev–Trinajstić information content (AvgIpc) is 3.36. The van der Waals surface area contributed by atoms with E-state index in [4.69, 9.17) is 4.74 Å². The van der Waals surface area contributed by atoms with E-state index < -0.39 is 0 Å². The number of hydrogen-bond acceptors (Lipinski definition) is 2. The number of ether oxygens (including phenoxy) is 1. The van der Waals surface area contributed by atoms with Crippen LogP contribution >= 0.6 is 22.6 Å². The molecule has 1 unspecified atom stereocenters. The van der Waals surface area contributed by atoms with Gasteiger partial charge in [0.25, 0.3) is 0 Å². The van der Waals surface area contributed by atoms with Crippen molar-refractivity contribution in [2.45, 2.75) is 114 Å². The maximum absolute atomic E-state index is 11.7. The minimum atomic E-state index is 0.0133. The van der Waals surface area contributed by atoms with Gasteiger partial charge in [0.2, 0.25) is 0 Å². The van der Waals surface area contributed by atoms with Crippen LogP contribution in [0.4, 0.5) is 0 Å². The molecule has 1 aliphatic carbocycles. The van der Waals surface area contributed by atoms with Gasteiger partial charge >= 0.3 is 5.97 Å². The topological polar surface area (TPSA) is 26.3 Å². The molecule has 1 aliphatic rings. The first-order valence-corrected chi connectivity index (χ1v) is 11.3. The van der Waals surface area contributed by atoms with Crippen LogP contribution in [0.3, 0.4) is 0 Å². The van der Waals surface area contributed by atoms with Gasteiger partial charge in [-0.05, 0) is 41.9 Å². The monoisotopic (exact) mass is 436 g/mol. The quantitative estimate of drug-likeness (QED) is 0.111. The summed E-state index contributed by atoms with van der Waals surface area (Å²) in [6.45, 7) is 2.28. The van der Waals surface area contributed by atoms with Gasteiger partial charge in [0, 0.05) is 12.3 Å². The van der Waals surface area contributed by atoms with Crippen molar-refractivity contribution in [2.75, 3.05) is 0 Å². The van der Waals surface area contributed by atoms with Crippen LogP contribution in [0.5, 0.6) is 0 Å². The van der Waals surface area contributed by atoms with Crippen LogP contribution in [0.2, 0.25) is 0 Å². The minimum absolute atomic E-state index is 0.0133. The summed E-state index contributed by atoms with van der Waals surface area (Å²) in [5, 5.41) is 0. The molecule has 0 bridgehead atoms. The first-order valence-electron chi connectivity index (χ1n) is 10.1. The molecule has 0 aliphatic heterocycles. The Labute approximate surface area is 157 Å². The van der Waals surface area contributed by atoms with Crippen molar-refractivity contribution in [2.24, 2.45) is 5.92 Å². The first kappa shape index (κ1) is 21.2. The number of hydrogen-bond donors (Lipinski definition) is 0. The van der Waals surface area contributed by atoms with Crippen molar-refractivity contribution in [3.8, 4) is 0 Å². The molecule has 0 saturated heterocycles. The molecule has 0 aromatic rings. The lowest BCUT2D eigenvalue weighted by molar-refractivity contribution is -0.145. The van der Waals surface area contributed by atoms with Gasteiger partial charge in [-0.25, -0.2) is 0 Å². The van der Waals surface area contributed by atoms with E-state index in [1.165, 1.54) is 89.9 Å². The Balaban J connectivity index is 1.73. The van der Waals surface area contributed by atoms with E-state index in [0.717, 1.165) is 6.42 Å². The highest BCUT2D eigenvalue weighted by Gasteiger charge is 2.31. The smallest absolute Gasteiger partial charge is 0.306 e. The summed E-state index contributed by atoms with van der Waals surface area (Å²) in [5.74, 6) is 0.658. The molecule has 0 N–H and O–H groups in total. The number of alkyl halides is 1. The molecule has 136 valence electrons. The van der Waals surface area contributed by atoms with Crippen molar-refractivity contribution >= 4 is 28.6 Å². The van der Waals surface area contributed by atoms with Crippen LogP contribution in [0.1, 0.15) is 110 Å². The van der Waals surface area contributed by atoms with E-state index in [2.05, 4.69) is 29.5 Å². The van der Waals surface area contributed by atoms with Crippen LogP contribution in [0, 0.1) is 5.92 Å². The third-order valence-electron chi connectivity index (χ3n) is 4.72. The van der Waals surface area contributed by atoms with Crippen molar-refractivity contribution < 1.29 is 9.53 Å². The second kappa shape index (κ2) is 14.5. The molecule has 3 heteroatoms. The van der Waals surface area contributed by atoms with Gasteiger partial charge in [-0.1, -0.05) is 84.0 Å². The van der Waals surface area contributed by atoms with E-state index in [9.17, 15) is 4.79 Å². The van der Waals surface area contributed by atoms with Gasteiger partial charge in [-0.2, -0.15) is 0 Å². The lowest BCUT2D eigenvalue weighted by atomic mass is 10.0. The van der Waals surface area contributed by atoms with E-state index in [-0.39, 0.29) is 10.1 Å². The molecular weight excluding hydrogens is 399 g/mol. The molecule has 1 fully saturated rings. The Bertz CT molecular complexity index is 289. The number of esters is 1. The zero-order valence-corrected chi connectivity index (χ0v) is 17.3. The predicted molar refractivity (Wildman–Crippen MR) is 107 cm³/mol. The van der Waals surface area contributed by atoms with E-state index in [0.29, 0.717) is 12.3 Å². The van der Waals surface area contributed by atoms with Gasteiger partial charge in [0.05, 0.1) is 0 Å². The van der Waals surface area contributed by atoms with Crippen molar-refractivity contribution in [3.05, 3.63) is 0 Å². The molecule has 23 heavy (non-hydrogen) atoms. The SMILES string of the molecule is CCCCCCCCCCCCCCCC(=O)OC(I)C1CC1. The Hall–Kier alpha value is 0.200. The van der Waals surface area contributed by atoms with Crippen LogP contribution in [0.25, 0.3) is 0 Å². The highest BCUT2D eigenvalue weighted by atomic mass is 127. The fourth-order valence-corrected chi connectivity index (χ4v) is 3.93. The van der Waals surface area contributed by atoms with Crippen LogP contribution < -0.4 is 0 Å². The number of unbranched alkanes of at least 4 members (excludes halogenated alkanes) is 12. The molecule has 1 atom stereocenters. The maximum atomic E-state index is 11.7. The fourth-order valence-electron chi connectivity index (χ4n) is 2.93. The highest BCUT2D eigenvalue weighted by Crippen LogP contribution is 2.37. The van der Waals surface area contributed by atoms with Crippen LogP contribution in [-0.4, -0.2) is 10.1 Å². The Morgan fingerprint density at radius 3 is 1.74 bits per heavy atom. The summed E-state index contributed by atoms with van der Waals surface area (Å²) in [7, 11) is 0. The summed E-state index contributed by atoms with van der Waals surface area (Å²) in [6.07, 6.45) is 20.5. The van der Waals surface area contributed by atoms with Gasteiger partial charge in [-0.15, -0.1) is 0 Å². The maximum Gasteiger partial charge on any atom is 0.306 e. The normalized spacial score (nSPS) is 15.6. The summed E-state index contributed by atoms with van der Waals surface area (Å²) in [6, 6.07) is 0. The van der Waals surface area contributed by atoms with Crippen LogP contribution in [0.15, 0.2) is 0 Å². The lowest BCUT2D eigenvalue weighted by Gasteiger charge is -2.10. The molecule has 0 spiro atoms. The molecule has 1 saturated carbocycles. The molecule has 2 nitrogen and oxygen atoms in total. The number of rotatable bonds is 16. The van der Waals surface area contributed by atoms with Gasteiger partial charge in [0.15, 0.2) is 4.11 Å². The second-order valence-corrected chi connectivity index (χ2v) is 8.40. The molecule has 0 amide bonds. The largest absolute Gasteiger partial charge is 0.451 e. The van der Waals surface area contributed by atoms with Gasteiger partial charge < -0.3 is 4.74 Å². The average molecular weight is 436 g/mol. The summed E-state index contributed by atoms with van der Waals surface area (Å²) in [4.78, 5) is 11.7. The number of halogens is 1. The summed E-state index contributed by atoms with van der Waals surface area (Å²) in [5.41, 5.74) is 0. The van der Waals surface area contributed by atoms with Gasteiger partial charge in [0.1, 0.15) is 0 Å². The van der Waals surface area contributed by atoms with E-state index in [1.54, 1.807) is 0 Å². The third-order valence-corrected chi connectivity index (χ3v) is 5.99. The molecule has 1 rings (SSSR count). The van der Waals surface area contributed by atoms with Crippen molar-refractivity contribution in [3.63, 3.8) is 0 Å². The molecule has 0 radical (unpaired) electrons. The van der Waals surface area contributed by atoms with E-state index >= 15 is 0 Å². The number of carbonyl (C=O) groups is 1. The van der Waals surface area contributed by atoms with Crippen molar-refractivity contribution in [1.82, 2.24) is 0 Å². The van der Waals surface area contributed by atoms with Crippen molar-refractivity contribution in [1.29, 1.82) is 0 Å². The Morgan fingerprint density at radius 2 is 1.30 bits per heavy atom. The zero-order chi connectivity index (χ0) is 16.8. The zero-order valence-electron chi connectivity index (χ0n) is 15.2. The fraction of sp³-hybridized carbons (Fsp3) is 0.950. The third kappa shape index (κ3) is 13.2. The summed E-state index contributed by atoms with van der Waals surface area (Å²) >= 11 is 2.27. The minimum Gasteiger partial charge on any atom is -0.451 e. The molecular formula is C20H37IO2. The number of carbonyl (C=O) groups excluding carboxylic acids is 1. The highest BCUT2D eigenvalue weighted by molar-refractivity contribution is 14.1. The predicted octanol–water partition coefficient (Wildman–Crippen LogP) is 7.18. The Morgan fingerprint density at radius 1 is 0.870 bits per heavy atom. The van der Waals surface area contributed by atoms with Gasteiger partial charge in [-0.3, -0.25) is 4.79 Å². The van der Waals surface area contributed by atoms with Crippen LogP contribution in [-0.2, 0) is 9.53 Å². The molecule has 0 heterocycles.